The van der Waals surface area contributed by atoms with Crippen LogP contribution in [-0.4, -0.2) is 30.4 Å². The molecule has 1 heterocycles. The summed E-state index contributed by atoms with van der Waals surface area (Å²) in [6, 6.07) is 25.2. The lowest BCUT2D eigenvalue weighted by atomic mass is 10.2. The maximum absolute atomic E-state index is 11.5. The van der Waals surface area contributed by atoms with Crippen molar-refractivity contribution >= 4 is 16.9 Å². The molecule has 0 aliphatic rings. The van der Waals surface area contributed by atoms with Gasteiger partial charge in [0.1, 0.15) is 23.0 Å². The van der Waals surface area contributed by atoms with Gasteiger partial charge in [-0.05, 0) is 73.3 Å². The number of carbonyl (C=O) groups is 1. The van der Waals surface area contributed by atoms with Gasteiger partial charge in [0, 0.05) is 18.8 Å². The molecule has 0 aliphatic heterocycles. The number of esters is 1. The van der Waals surface area contributed by atoms with E-state index in [9.17, 15) is 4.79 Å². The molecule has 6 nitrogen and oxygen atoms in total. The quantitative estimate of drug-likeness (QED) is 0.214. The predicted molar refractivity (Wildman–Crippen MR) is 127 cm³/mol. The number of aryl methyl sites for hydroxylation is 1. The van der Waals surface area contributed by atoms with E-state index >= 15 is 0 Å². The van der Waals surface area contributed by atoms with Gasteiger partial charge in [-0.2, -0.15) is 0 Å². The Morgan fingerprint density at radius 2 is 1.55 bits per heavy atom. The van der Waals surface area contributed by atoms with E-state index in [1.165, 1.54) is 0 Å². The number of aromatic nitrogens is 1. The molecule has 1 aromatic heterocycles. The molecular weight excluding hydrogens is 418 g/mol. The van der Waals surface area contributed by atoms with Crippen LogP contribution >= 0.6 is 0 Å². The van der Waals surface area contributed by atoms with Crippen LogP contribution in [0.4, 0.5) is 0 Å². The average molecular weight is 446 g/mol. The van der Waals surface area contributed by atoms with E-state index in [2.05, 4.69) is 16.8 Å². The Morgan fingerprint density at radius 3 is 2.33 bits per heavy atom. The van der Waals surface area contributed by atoms with E-state index in [0.717, 1.165) is 41.1 Å². The summed E-state index contributed by atoms with van der Waals surface area (Å²) < 4.78 is 24.3. The minimum atomic E-state index is -0.371. The molecule has 3 aromatic carbocycles. The van der Waals surface area contributed by atoms with Gasteiger partial charge < -0.3 is 23.5 Å². The molecule has 0 fully saturated rings. The van der Waals surface area contributed by atoms with Crippen molar-refractivity contribution in [2.75, 3.05) is 19.8 Å². The highest BCUT2D eigenvalue weighted by molar-refractivity contribution is 5.81. The van der Waals surface area contributed by atoms with E-state index in [1.54, 1.807) is 6.92 Å². The Morgan fingerprint density at radius 1 is 0.818 bits per heavy atom. The van der Waals surface area contributed by atoms with E-state index in [1.807, 2.05) is 72.8 Å². The van der Waals surface area contributed by atoms with Crippen molar-refractivity contribution in [1.29, 1.82) is 0 Å². The highest BCUT2D eigenvalue weighted by Crippen LogP contribution is 2.24. The fourth-order valence-corrected chi connectivity index (χ4v) is 3.45. The second-order valence-corrected chi connectivity index (χ2v) is 7.41. The van der Waals surface area contributed by atoms with Crippen molar-refractivity contribution in [3.8, 4) is 23.0 Å². The summed E-state index contributed by atoms with van der Waals surface area (Å²) in [4.78, 5) is 11.5. The van der Waals surface area contributed by atoms with Gasteiger partial charge in [0.25, 0.3) is 0 Å². The third kappa shape index (κ3) is 6.29. The largest absolute Gasteiger partial charge is 0.494 e. The Hall–Kier alpha value is -3.93. The van der Waals surface area contributed by atoms with Crippen LogP contribution in [0.5, 0.6) is 23.0 Å². The molecule has 0 atom stereocenters. The summed E-state index contributed by atoms with van der Waals surface area (Å²) >= 11 is 0. The molecule has 0 saturated carbocycles. The van der Waals surface area contributed by atoms with Gasteiger partial charge in [-0.15, -0.1) is 0 Å². The predicted octanol–water partition coefficient (Wildman–Crippen LogP) is 5.84. The molecule has 33 heavy (non-hydrogen) atoms. The topological polar surface area (TPSA) is 58.9 Å². The molecule has 6 heteroatoms. The lowest BCUT2D eigenvalue weighted by Crippen LogP contribution is -2.14. The molecule has 0 bridgehead atoms. The van der Waals surface area contributed by atoms with Gasteiger partial charge in [0.2, 0.25) is 0 Å². The Bertz CT molecular complexity index is 1170. The average Bonchev–Trinajstić information content (AvgIpc) is 3.24. The number of ether oxygens (including phenoxy) is 4. The molecule has 0 radical (unpaired) electrons. The van der Waals surface area contributed by atoms with Crippen molar-refractivity contribution in [1.82, 2.24) is 4.57 Å². The lowest BCUT2D eigenvalue weighted by Gasteiger charge is -2.10. The first kappa shape index (κ1) is 22.3. The fourth-order valence-electron chi connectivity index (χ4n) is 3.45. The summed E-state index contributed by atoms with van der Waals surface area (Å²) in [7, 11) is 0. The highest BCUT2D eigenvalue weighted by Gasteiger charge is 2.07. The standard InChI is InChI=1S/C27H27NO5/c1-2-30-27(29)20-32-25-10-9-21-15-17-28(26(21)19-25)16-6-18-31-22-11-13-24(14-12-22)33-23-7-4-3-5-8-23/h3-5,7-15,17,19H,2,6,16,18,20H2,1H3. The minimum Gasteiger partial charge on any atom is -0.494 e. The van der Waals surface area contributed by atoms with Crippen molar-refractivity contribution in [3.63, 3.8) is 0 Å². The normalized spacial score (nSPS) is 10.7. The van der Waals surface area contributed by atoms with E-state index < -0.39 is 0 Å². The molecule has 0 N–H and O–H groups in total. The van der Waals surface area contributed by atoms with E-state index in [4.69, 9.17) is 18.9 Å². The number of nitrogens with zero attached hydrogens (tertiary/aromatic N) is 1. The maximum atomic E-state index is 11.5. The molecular formula is C27H27NO5. The van der Waals surface area contributed by atoms with Gasteiger partial charge in [-0.3, -0.25) is 0 Å². The van der Waals surface area contributed by atoms with Crippen LogP contribution in [0, 0.1) is 0 Å². The van der Waals surface area contributed by atoms with E-state index in [0.29, 0.717) is 19.0 Å². The number of carbonyl (C=O) groups excluding carboxylic acids is 1. The van der Waals surface area contributed by atoms with Crippen LogP contribution in [-0.2, 0) is 16.1 Å². The summed E-state index contributed by atoms with van der Waals surface area (Å²) in [5, 5.41) is 1.12. The second kappa shape index (κ2) is 11.1. The van der Waals surface area contributed by atoms with Crippen LogP contribution in [0.15, 0.2) is 85.1 Å². The number of fused-ring (bicyclic) bond motifs is 1. The molecule has 0 aliphatic carbocycles. The monoisotopic (exact) mass is 445 g/mol. The first-order chi connectivity index (χ1) is 16.2. The molecule has 0 saturated heterocycles. The Balaban J connectivity index is 1.26. The zero-order valence-electron chi connectivity index (χ0n) is 18.6. The fraction of sp³-hybridized carbons (Fsp3) is 0.222. The van der Waals surface area contributed by atoms with Crippen molar-refractivity contribution in [3.05, 3.63) is 85.1 Å². The van der Waals surface area contributed by atoms with Crippen LogP contribution < -0.4 is 14.2 Å². The third-order valence-electron chi connectivity index (χ3n) is 5.02. The van der Waals surface area contributed by atoms with Crippen molar-refractivity contribution in [2.45, 2.75) is 19.9 Å². The Labute approximate surface area is 193 Å². The zero-order chi connectivity index (χ0) is 22.9. The highest BCUT2D eigenvalue weighted by atomic mass is 16.6. The van der Waals surface area contributed by atoms with Crippen molar-refractivity contribution < 1.29 is 23.7 Å². The van der Waals surface area contributed by atoms with Gasteiger partial charge >= 0.3 is 5.97 Å². The van der Waals surface area contributed by atoms with Crippen LogP contribution in [0.3, 0.4) is 0 Å². The van der Waals surface area contributed by atoms with Gasteiger partial charge in [0.15, 0.2) is 6.61 Å². The van der Waals surface area contributed by atoms with Gasteiger partial charge in [0.05, 0.1) is 18.7 Å². The molecule has 0 amide bonds. The van der Waals surface area contributed by atoms with Crippen LogP contribution in [0.2, 0.25) is 0 Å². The summed E-state index contributed by atoms with van der Waals surface area (Å²) in [5.74, 6) is 2.66. The molecule has 0 unspecified atom stereocenters. The third-order valence-corrected chi connectivity index (χ3v) is 5.02. The molecule has 4 rings (SSSR count). The first-order valence-electron chi connectivity index (χ1n) is 11.0. The first-order valence-corrected chi connectivity index (χ1v) is 11.0. The number of para-hydroxylation sites is 1. The zero-order valence-corrected chi connectivity index (χ0v) is 18.6. The smallest absolute Gasteiger partial charge is 0.344 e. The van der Waals surface area contributed by atoms with Gasteiger partial charge in [-0.1, -0.05) is 18.2 Å². The summed E-state index contributed by atoms with van der Waals surface area (Å²) in [6.45, 7) is 3.43. The number of hydrogen-bond acceptors (Lipinski definition) is 5. The van der Waals surface area contributed by atoms with Crippen LogP contribution in [0.1, 0.15) is 13.3 Å². The van der Waals surface area contributed by atoms with E-state index in [-0.39, 0.29) is 12.6 Å². The lowest BCUT2D eigenvalue weighted by molar-refractivity contribution is -0.145. The number of rotatable bonds is 11. The molecule has 4 aromatic rings. The number of benzene rings is 3. The minimum absolute atomic E-state index is 0.0942. The number of hydrogen-bond donors (Lipinski definition) is 0. The molecule has 0 spiro atoms. The van der Waals surface area contributed by atoms with Crippen LogP contribution in [0.25, 0.3) is 10.9 Å². The maximum Gasteiger partial charge on any atom is 0.344 e. The van der Waals surface area contributed by atoms with Crippen molar-refractivity contribution in [2.24, 2.45) is 0 Å². The molecule has 170 valence electrons. The summed E-state index contributed by atoms with van der Waals surface area (Å²) in [5.41, 5.74) is 1.05. The Kier molecular flexibility index (Phi) is 7.48. The second-order valence-electron chi connectivity index (χ2n) is 7.41. The van der Waals surface area contributed by atoms with Gasteiger partial charge in [-0.25, -0.2) is 4.79 Å². The summed E-state index contributed by atoms with van der Waals surface area (Å²) in [6.07, 6.45) is 2.90. The SMILES string of the molecule is CCOC(=O)COc1ccc2ccn(CCCOc3ccc(Oc4ccccc4)cc3)c2c1.